The summed E-state index contributed by atoms with van der Waals surface area (Å²) in [5.41, 5.74) is 1.48. The number of rotatable bonds is 2. The van der Waals surface area contributed by atoms with Crippen LogP contribution in [0.3, 0.4) is 0 Å². The van der Waals surface area contributed by atoms with Gasteiger partial charge in [0.15, 0.2) is 0 Å². The Hall–Kier alpha value is -1.91. The van der Waals surface area contributed by atoms with Gasteiger partial charge in [0, 0.05) is 6.54 Å². The van der Waals surface area contributed by atoms with E-state index in [9.17, 15) is 4.79 Å². The Morgan fingerprint density at radius 1 is 1.41 bits per heavy atom. The molecular weight excluding hydrogens is 218 g/mol. The van der Waals surface area contributed by atoms with Crippen LogP contribution in [-0.2, 0) is 6.54 Å². The van der Waals surface area contributed by atoms with Crippen molar-refractivity contribution >= 4 is 17.0 Å². The zero-order valence-corrected chi connectivity index (χ0v) is 10.1. The number of carbonyl (C=O) groups is 1. The molecule has 1 aromatic heterocycles. The fraction of sp³-hybridized carbons (Fsp3) is 0.417. The predicted octanol–water partition coefficient (Wildman–Crippen LogP) is 2.18. The van der Waals surface area contributed by atoms with Gasteiger partial charge in [0.05, 0.1) is 5.56 Å². The molecule has 0 unspecified atom stereocenters. The average Bonchev–Trinajstić information content (AvgIpc) is 2.59. The highest BCUT2D eigenvalue weighted by Gasteiger charge is 2.18. The Morgan fingerprint density at radius 2 is 2.12 bits per heavy atom. The lowest BCUT2D eigenvalue weighted by Gasteiger charge is -2.18. The number of aromatic nitrogens is 3. The van der Waals surface area contributed by atoms with Crippen molar-refractivity contribution in [1.29, 1.82) is 0 Å². The number of para-hydroxylation sites is 1. The second kappa shape index (κ2) is 3.84. The van der Waals surface area contributed by atoms with E-state index in [0.717, 1.165) is 0 Å². The van der Waals surface area contributed by atoms with Gasteiger partial charge in [0.1, 0.15) is 11.0 Å². The van der Waals surface area contributed by atoms with Crippen molar-refractivity contribution in [3.05, 3.63) is 23.8 Å². The molecule has 0 aliphatic carbocycles. The summed E-state index contributed by atoms with van der Waals surface area (Å²) in [7, 11) is 0. The van der Waals surface area contributed by atoms with E-state index < -0.39 is 5.97 Å². The van der Waals surface area contributed by atoms with Gasteiger partial charge in [0.2, 0.25) is 0 Å². The van der Waals surface area contributed by atoms with Crippen LogP contribution < -0.4 is 0 Å². The van der Waals surface area contributed by atoms with E-state index in [1.165, 1.54) is 0 Å². The summed E-state index contributed by atoms with van der Waals surface area (Å²) in [6.07, 6.45) is 0. The molecule has 90 valence electrons. The minimum Gasteiger partial charge on any atom is -0.478 e. The van der Waals surface area contributed by atoms with Gasteiger partial charge < -0.3 is 5.11 Å². The van der Waals surface area contributed by atoms with Gasteiger partial charge in [-0.25, -0.2) is 9.48 Å². The van der Waals surface area contributed by atoms with Crippen molar-refractivity contribution in [2.75, 3.05) is 0 Å². The highest BCUT2D eigenvalue weighted by atomic mass is 16.4. The number of carboxylic acid groups (broad SMARTS) is 1. The normalized spacial score (nSPS) is 11.9. The number of aromatic carboxylic acids is 1. The van der Waals surface area contributed by atoms with Crippen LogP contribution in [0.15, 0.2) is 18.2 Å². The maximum atomic E-state index is 11.2. The first-order valence-corrected chi connectivity index (χ1v) is 5.44. The number of fused-ring (bicyclic) bond motifs is 1. The Morgan fingerprint density at radius 3 is 2.71 bits per heavy atom. The van der Waals surface area contributed by atoms with Crippen LogP contribution in [0.2, 0.25) is 0 Å². The van der Waals surface area contributed by atoms with Gasteiger partial charge >= 0.3 is 5.97 Å². The molecule has 1 N–H and O–H groups in total. The summed E-state index contributed by atoms with van der Waals surface area (Å²) in [6, 6.07) is 5.03. The molecule has 0 fully saturated rings. The third kappa shape index (κ3) is 2.27. The molecule has 0 radical (unpaired) electrons. The third-order valence-corrected chi connectivity index (χ3v) is 2.39. The molecule has 1 heterocycles. The standard InChI is InChI=1S/C12H15N3O2/c1-12(2,3)7-15-10-8(11(16)17)5-4-6-9(10)13-14-15/h4-6H,7H2,1-3H3,(H,16,17). The molecule has 0 aliphatic heterocycles. The van der Waals surface area contributed by atoms with E-state index in [1.807, 2.05) is 0 Å². The van der Waals surface area contributed by atoms with Crippen molar-refractivity contribution < 1.29 is 9.90 Å². The Balaban J connectivity index is 2.61. The summed E-state index contributed by atoms with van der Waals surface area (Å²) in [6.45, 7) is 6.85. The molecule has 0 aliphatic rings. The van der Waals surface area contributed by atoms with E-state index in [-0.39, 0.29) is 11.0 Å². The molecule has 0 bridgehead atoms. The van der Waals surface area contributed by atoms with Crippen molar-refractivity contribution in [3.63, 3.8) is 0 Å². The maximum absolute atomic E-state index is 11.2. The highest BCUT2D eigenvalue weighted by Crippen LogP contribution is 2.22. The van der Waals surface area contributed by atoms with Crippen LogP contribution >= 0.6 is 0 Å². The minimum atomic E-state index is -0.951. The molecule has 17 heavy (non-hydrogen) atoms. The van der Waals surface area contributed by atoms with Crippen LogP contribution in [0.25, 0.3) is 11.0 Å². The summed E-state index contributed by atoms with van der Waals surface area (Å²) in [5.74, 6) is -0.951. The van der Waals surface area contributed by atoms with Crippen molar-refractivity contribution in [1.82, 2.24) is 15.0 Å². The van der Waals surface area contributed by atoms with Crippen molar-refractivity contribution in [2.24, 2.45) is 5.41 Å². The number of hydrogen-bond acceptors (Lipinski definition) is 3. The van der Waals surface area contributed by atoms with Crippen LogP contribution in [0.5, 0.6) is 0 Å². The summed E-state index contributed by atoms with van der Waals surface area (Å²) < 4.78 is 1.67. The SMILES string of the molecule is CC(C)(C)Cn1nnc2cccc(C(=O)O)c21. The molecule has 2 rings (SSSR count). The van der Waals surface area contributed by atoms with Gasteiger partial charge in [-0.3, -0.25) is 0 Å². The van der Waals surface area contributed by atoms with Crippen LogP contribution in [0.4, 0.5) is 0 Å². The van der Waals surface area contributed by atoms with Crippen LogP contribution in [0, 0.1) is 5.41 Å². The summed E-state index contributed by atoms with van der Waals surface area (Å²) >= 11 is 0. The monoisotopic (exact) mass is 233 g/mol. The fourth-order valence-corrected chi connectivity index (χ4v) is 1.76. The molecule has 5 heteroatoms. The van der Waals surface area contributed by atoms with E-state index in [0.29, 0.717) is 17.6 Å². The summed E-state index contributed by atoms with van der Waals surface area (Å²) in [5, 5.41) is 17.2. The van der Waals surface area contributed by atoms with E-state index in [2.05, 4.69) is 31.1 Å². The number of benzene rings is 1. The topological polar surface area (TPSA) is 68.0 Å². The minimum absolute atomic E-state index is 0.0201. The van der Waals surface area contributed by atoms with E-state index in [4.69, 9.17) is 5.11 Å². The van der Waals surface area contributed by atoms with Gasteiger partial charge in [0.25, 0.3) is 0 Å². The number of carboxylic acids is 1. The molecule has 0 spiro atoms. The molecule has 5 nitrogen and oxygen atoms in total. The van der Waals surface area contributed by atoms with Crippen LogP contribution in [0.1, 0.15) is 31.1 Å². The Bertz CT molecular complexity index is 567. The van der Waals surface area contributed by atoms with E-state index >= 15 is 0 Å². The second-order valence-electron chi connectivity index (χ2n) is 5.29. The van der Waals surface area contributed by atoms with Crippen molar-refractivity contribution in [3.8, 4) is 0 Å². The first-order chi connectivity index (χ1) is 7.88. The quantitative estimate of drug-likeness (QED) is 0.863. The molecular formula is C12H15N3O2. The Labute approximate surface area is 99.1 Å². The van der Waals surface area contributed by atoms with Gasteiger partial charge in [-0.15, -0.1) is 5.10 Å². The highest BCUT2D eigenvalue weighted by molar-refractivity contribution is 6.00. The zero-order chi connectivity index (χ0) is 12.6. The van der Waals surface area contributed by atoms with Crippen LogP contribution in [-0.4, -0.2) is 26.1 Å². The molecule has 0 saturated carbocycles. The molecule has 0 saturated heterocycles. The van der Waals surface area contributed by atoms with Gasteiger partial charge in [-0.2, -0.15) is 0 Å². The zero-order valence-electron chi connectivity index (χ0n) is 10.1. The molecule has 0 amide bonds. The van der Waals surface area contributed by atoms with Gasteiger partial charge in [-0.1, -0.05) is 32.1 Å². The van der Waals surface area contributed by atoms with Crippen molar-refractivity contribution in [2.45, 2.75) is 27.3 Å². The Kier molecular flexibility index (Phi) is 2.61. The molecule has 2 aromatic rings. The lowest BCUT2D eigenvalue weighted by molar-refractivity contribution is 0.0698. The first kappa shape index (κ1) is 11.6. The number of nitrogens with zero attached hydrogens (tertiary/aromatic N) is 3. The molecule has 1 aromatic carbocycles. The largest absolute Gasteiger partial charge is 0.478 e. The third-order valence-electron chi connectivity index (χ3n) is 2.39. The summed E-state index contributed by atoms with van der Waals surface area (Å²) in [4.78, 5) is 11.2. The number of hydrogen-bond donors (Lipinski definition) is 1. The average molecular weight is 233 g/mol. The molecule has 0 atom stereocenters. The van der Waals surface area contributed by atoms with Gasteiger partial charge in [-0.05, 0) is 17.5 Å². The smallest absolute Gasteiger partial charge is 0.337 e. The fourth-order valence-electron chi connectivity index (χ4n) is 1.76. The first-order valence-electron chi connectivity index (χ1n) is 5.44. The lowest BCUT2D eigenvalue weighted by atomic mass is 9.97. The maximum Gasteiger partial charge on any atom is 0.337 e. The van der Waals surface area contributed by atoms with E-state index in [1.54, 1.807) is 22.9 Å². The lowest BCUT2D eigenvalue weighted by Crippen LogP contribution is -2.17. The predicted molar refractivity (Wildman–Crippen MR) is 63.9 cm³/mol. The second-order valence-corrected chi connectivity index (χ2v) is 5.29.